The van der Waals surface area contributed by atoms with Gasteiger partial charge in [0, 0.05) is 16.2 Å². The van der Waals surface area contributed by atoms with Crippen LogP contribution in [0.25, 0.3) is 65.7 Å². The van der Waals surface area contributed by atoms with Crippen LogP contribution in [0.15, 0.2) is 109 Å². The lowest BCUT2D eigenvalue weighted by Gasteiger charge is -2.38. The number of fused-ring (bicyclic) bond motifs is 11. The summed E-state index contributed by atoms with van der Waals surface area (Å²) in [6, 6.07) is 42.2. The van der Waals surface area contributed by atoms with E-state index in [0.717, 1.165) is 0 Å². The Hall–Kier alpha value is -4.68. The van der Waals surface area contributed by atoms with Gasteiger partial charge in [0.1, 0.15) is 0 Å². The molecule has 0 aliphatic heterocycles. The van der Waals surface area contributed by atoms with E-state index in [1.54, 1.807) is 0 Å². The number of rotatable bonds is 0. The summed E-state index contributed by atoms with van der Waals surface area (Å²) in [6.45, 7) is 14.5. The van der Waals surface area contributed by atoms with E-state index in [1.165, 1.54) is 99.1 Å². The Morgan fingerprint density at radius 2 is 0.800 bits per heavy atom. The Kier molecular flexibility index (Phi) is 4.52. The van der Waals surface area contributed by atoms with E-state index in [0.29, 0.717) is 0 Å². The fourth-order valence-corrected chi connectivity index (χ4v) is 9.74. The Morgan fingerprint density at radius 1 is 0.311 bits per heavy atom. The quantitative estimate of drug-likeness (QED) is 0.158. The van der Waals surface area contributed by atoms with Crippen LogP contribution in [0.1, 0.15) is 74.9 Å². The van der Waals surface area contributed by atoms with Crippen molar-refractivity contribution in [1.82, 2.24) is 0 Å². The first-order valence-electron chi connectivity index (χ1n) is 16.5. The van der Waals surface area contributed by atoms with E-state index in [2.05, 4.69) is 151 Å². The molecule has 7 aromatic carbocycles. The van der Waals surface area contributed by atoms with Gasteiger partial charge >= 0.3 is 0 Å². The highest BCUT2D eigenvalue weighted by molar-refractivity contribution is 6.29. The summed E-state index contributed by atoms with van der Waals surface area (Å²) in [4.78, 5) is 0. The summed E-state index contributed by atoms with van der Waals surface area (Å²) in [7, 11) is 0. The molecule has 0 saturated carbocycles. The number of hydrogen-bond donors (Lipinski definition) is 0. The molecular formula is C45H36. The molecule has 0 amide bonds. The van der Waals surface area contributed by atoms with Crippen LogP contribution < -0.4 is 0 Å². The average Bonchev–Trinajstić information content (AvgIpc) is 3.28. The zero-order valence-electron chi connectivity index (χ0n) is 26.9. The van der Waals surface area contributed by atoms with E-state index >= 15 is 0 Å². The highest BCUT2D eigenvalue weighted by Gasteiger charge is 2.42. The normalized spacial score (nSPS) is 17.2. The van der Waals surface area contributed by atoms with Crippen LogP contribution in [-0.2, 0) is 16.2 Å². The third kappa shape index (κ3) is 2.86. The predicted octanol–water partition coefficient (Wildman–Crippen LogP) is 12.1. The van der Waals surface area contributed by atoms with Gasteiger partial charge in [0.25, 0.3) is 0 Å². The van der Waals surface area contributed by atoms with Gasteiger partial charge in [-0.25, -0.2) is 0 Å². The third-order valence-electron chi connectivity index (χ3n) is 12.0. The molecule has 3 aliphatic rings. The molecule has 0 heterocycles. The maximum Gasteiger partial charge on any atom is 0.0159 e. The third-order valence-corrected chi connectivity index (χ3v) is 12.0. The van der Waals surface area contributed by atoms with E-state index in [-0.39, 0.29) is 16.2 Å². The average molecular weight is 577 g/mol. The molecule has 10 rings (SSSR count). The maximum absolute atomic E-state index is 2.59. The first kappa shape index (κ1) is 25.6. The maximum atomic E-state index is 2.59. The summed E-state index contributed by atoms with van der Waals surface area (Å²) in [6.07, 6.45) is 0. The second-order valence-corrected chi connectivity index (χ2v) is 15.3. The first-order valence-corrected chi connectivity index (χ1v) is 16.5. The molecule has 0 aromatic heterocycles. The summed E-state index contributed by atoms with van der Waals surface area (Å²) >= 11 is 0. The van der Waals surface area contributed by atoms with Gasteiger partial charge in [0.05, 0.1) is 0 Å². The van der Waals surface area contributed by atoms with Gasteiger partial charge in [-0.3, -0.25) is 0 Å². The van der Waals surface area contributed by atoms with E-state index < -0.39 is 0 Å². The minimum atomic E-state index is -0.121. The molecule has 0 N–H and O–H groups in total. The molecule has 0 saturated heterocycles. The van der Waals surface area contributed by atoms with Crippen molar-refractivity contribution in [2.45, 2.75) is 57.8 Å². The summed E-state index contributed by atoms with van der Waals surface area (Å²) < 4.78 is 0. The molecule has 0 radical (unpaired) electrons. The molecule has 7 aromatic rings. The molecule has 3 aliphatic carbocycles. The molecule has 0 spiro atoms. The van der Waals surface area contributed by atoms with Crippen molar-refractivity contribution in [3.8, 4) is 33.4 Å². The predicted molar refractivity (Wildman–Crippen MR) is 192 cm³/mol. The Morgan fingerprint density at radius 3 is 1.47 bits per heavy atom. The smallest absolute Gasteiger partial charge is 0.0159 e. The van der Waals surface area contributed by atoms with Crippen LogP contribution in [0.3, 0.4) is 0 Å². The van der Waals surface area contributed by atoms with Crippen LogP contribution in [0, 0.1) is 0 Å². The van der Waals surface area contributed by atoms with Gasteiger partial charge in [-0.05, 0) is 111 Å². The van der Waals surface area contributed by atoms with Crippen molar-refractivity contribution in [2.75, 3.05) is 0 Å². The van der Waals surface area contributed by atoms with Crippen molar-refractivity contribution in [3.05, 3.63) is 143 Å². The van der Waals surface area contributed by atoms with E-state index in [9.17, 15) is 0 Å². The second-order valence-electron chi connectivity index (χ2n) is 15.3. The van der Waals surface area contributed by atoms with Gasteiger partial charge in [0.2, 0.25) is 0 Å². The first-order chi connectivity index (χ1) is 21.6. The van der Waals surface area contributed by atoms with Crippen molar-refractivity contribution in [3.63, 3.8) is 0 Å². The highest BCUT2D eigenvalue weighted by atomic mass is 14.5. The van der Waals surface area contributed by atoms with E-state index in [4.69, 9.17) is 0 Å². The SMILES string of the molecule is CC1(C)c2ccccc2-c2c1cc1c3c(cc4c5cccc6c5c(cc4c23)-c2ccccc2C6(C)C)-c2ccccc2C1(C)C. The topological polar surface area (TPSA) is 0 Å². The van der Waals surface area contributed by atoms with Gasteiger partial charge in [0.15, 0.2) is 0 Å². The standard InChI is InChI=1S/C45H36/c1-43(2)33-18-10-7-14-25(33)30-23-32-29(27-17-13-21-36(43)39(27)30)22-31-26-15-8-11-19-34(26)44(3,4)38-24-37-40(42(32)41(31)38)28-16-9-12-20-35(28)45(37,5)6/h7-24H,1-6H3. The van der Waals surface area contributed by atoms with Crippen LogP contribution in [0.5, 0.6) is 0 Å². The zero-order valence-corrected chi connectivity index (χ0v) is 26.9. The molecule has 0 heteroatoms. The molecule has 45 heavy (non-hydrogen) atoms. The molecule has 216 valence electrons. The molecule has 0 atom stereocenters. The Labute approximate surface area is 265 Å². The van der Waals surface area contributed by atoms with Gasteiger partial charge in [-0.2, -0.15) is 0 Å². The van der Waals surface area contributed by atoms with Crippen LogP contribution in [-0.4, -0.2) is 0 Å². The van der Waals surface area contributed by atoms with E-state index in [1.807, 2.05) is 0 Å². The minimum Gasteiger partial charge on any atom is -0.0619 e. The monoisotopic (exact) mass is 576 g/mol. The fourth-order valence-electron chi connectivity index (χ4n) is 9.74. The number of benzene rings is 7. The summed E-state index contributed by atoms with van der Waals surface area (Å²) in [5.74, 6) is 0. The van der Waals surface area contributed by atoms with Gasteiger partial charge in [-0.1, -0.05) is 139 Å². The lowest BCUT2D eigenvalue weighted by atomic mass is 9.65. The van der Waals surface area contributed by atoms with Crippen LogP contribution in [0.4, 0.5) is 0 Å². The lowest BCUT2D eigenvalue weighted by molar-refractivity contribution is 0.630. The van der Waals surface area contributed by atoms with Crippen molar-refractivity contribution < 1.29 is 0 Å². The summed E-state index contributed by atoms with van der Waals surface area (Å²) in [5, 5.41) is 8.39. The fraction of sp³-hybridized carbons (Fsp3) is 0.200. The van der Waals surface area contributed by atoms with Crippen LogP contribution in [0.2, 0.25) is 0 Å². The van der Waals surface area contributed by atoms with Gasteiger partial charge < -0.3 is 0 Å². The van der Waals surface area contributed by atoms with Crippen molar-refractivity contribution in [1.29, 1.82) is 0 Å². The molecule has 0 fully saturated rings. The molecule has 0 nitrogen and oxygen atoms in total. The lowest BCUT2D eigenvalue weighted by Crippen LogP contribution is -2.25. The highest BCUT2D eigenvalue weighted by Crippen LogP contribution is 2.60. The minimum absolute atomic E-state index is 0.0735. The second kappa shape index (κ2) is 7.93. The largest absolute Gasteiger partial charge is 0.0619 e. The molecule has 0 bridgehead atoms. The Bertz CT molecular complexity index is 2500. The van der Waals surface area contributed by atoms with Crippen molar-refractivity contribution in [2.24, 2.45) is 0 Å². The molecular weight excluding hydrogens is 540 g/mol. The summed E-state index contributed by atoms with van der Waals surface area (Å²) in [5.41, 5.74) is 16.7. The number of hydrogen-bond acceptors (Lipinski definition) is 0. The van der Waals surface area contributed by atoms with Crippen molar-refractivity contribution >= 4 is 32.3 Å². The Balaban J connectivity index is 1.52. The zero-order chi connectivity index (χ0) is 30.6. The van der Waals surface area contributed by atoms with Gasteiger partial charge in [-0.15, -0.1) is 0 Å². The molecule has 0 unspecified atom stereocenters. The van der Waals surface area contributed by atoms with Crippen LogP contribution >= 0.6 is 0 Å².